The molecule has 3 unspecified atom stereocenters. The smallest absolute Gasteiger partial charge is 0.333 e. The van der Waals surface area contributed by atoms with Crippen molar-refractivity contribution in [2.45, 2.75) is 24.8 Å². The Morgan fingerprint density at radius 3 is 2.60 bits per heavy atom. The van der Waals surface area contributed by atoms with Gasteiger partial charge in [-0.05, 0) is 36.0 Å². The van der Waals surface area contributed by atoms with Gasteiger partial charge in [0.1, 0.15) is 0 Å². The molecule has 3 amide bonds. The first kappa shape index (κ1) is 18.4. The Labute approximate surface area is 172 Å². The van der Waals surface area contributed by atoms with Crippen LogP contribution < -0.4 is 21.7 Å². The summed E-state index contributed by atoms with van der Waals surface area (Å²) in [6, 6.07) is 14.7. The quantitative estimate of drug-likeness (QED) is 0.565. The number of nitrogens with zero attached hydrogens (tertiary/aromatic N) is 2. The Kier molecular flexibility index (Phi) is 4.27. The summed E-state index contributed by atoms with van der Waals surface area (Å²) in [6.07, 6.45) is 2.08. The lowest BCUT2D eigenvalue weighted by atomic mass is 9.92. The number of carbonyl (C=O) groups is 2. The molecule has 2 aliphatic rings. The fourth-order valence-electron chi connectivity index (χ4n) is 4.59. The highest BCUT2D eigenvalue weighted by atomic mass is 16.2. The van der Waals surface area contributed by atoms with Crippen molar-refractivity contribution in [1.82, 2.24) is 25.9 Å². The van der Waals surface area contributed by atoms with Crippen LogP contribution in [0.1, 0.15) is 34.0 Å². The number of benzene rings is 2. The Balaban J connectivity index is 1.25. The molecule has 0 aliphatic heterocycles. The standard InChI is InChI=1S/C22H21N5O3/c1-27-21(29)15-9-5-4-8-14(15)19(26-27)20(28)24-25-22(30)23-18-16-11-10-12-6-2-3-7-13(12)17(16)18/h2-9,16-18H,10-11H2,1H3,(H,24,28)(H2,23,25,30). The van der Waals surface area contributed by atoms with E-state index in [0.717, 1.165) is 17.5 Å². The number of fused-ring (bicyclic) bond motifs is 4. The average Bonchev–Trinajstić information content (AvgIpc) is 3.47. The molecule has 0 spiro atoms. The minimum atomic E-state index is -0.587. The molecular formula is C22H21N5O3. The summed E-state index contributed by atoms with van der Waals surface area (Å²) < 4.78 is 1.11. The first-order valence-corrected chi connectivity index (χ1v) is 9.95. The largest absolute Gasteiger partial charge is 0.333 e. The first-order chi connectivity index (χ1) is 14.5. The molecular weight excluding hydrogens is 382 g/mol. The second kappa shape index (κ2) is 6.98. The molecule has 0 saturated heterocycles. The van der Waals surface area contributed by atoms with Gasteiger partial charge in [0.05, 0.1) is 5.39 Å². The molecule has 8 nitrogen and oxygen atoms in total. The van der Waals surface area contributed by atoms with E-state index in [-0.39, 0.29) is 17.3 Å². The average molecular weight is 403 g/mol. The Bertz CT molecular complexity index is 1230. The molecule has 0 radical (unpaired) electrons. The molecule has 0 bridgehead atoms. The van der Waals surface area contributed by atoms with Crippen molar-refractivity contribution in [2.24, 2.45) is 13.0 Å². The van der Waals surface area contributed by atoms with Crippen molar-refractivity contribution in [3.8, 4) is 0 Å². The SMILES string of the molecule is Cn1nc(C(=O)NNC(=O)NC2C3CCc4ccccc4C32)c2ccccc2c1=O. The van der Waals surface area contributed by atoms with Gasteiger partial charge in [0.25, 0.3) is 11.5 Å². The van der Waals surface area contributed by atoms with E-state index >= 15 is 0 Å². The second-order valence-corrected chi connectivity index (χ2v) is 7.83. The highest BCUT2D eigenvalue weighted by Gasteiger charge is 2.53. The first-order valence-electron chi connectivity index (χ1n) is 9.95. The number of aryl methyl sites for hydroxylation is 2. The van der Waals surface area contributed by atoms with Crippen LogP contribution in [0.4, 0.5) is 4.79 Å². The lowest BCUT2D eigenvalue weighted by molar-refractivity contribution is 0.0931. The van der Waals surface area contributed by atoms with Gasteiger partial charge in [0.2, 0.25) is 0 Å². The van der Waals surface area contributed by atoms with Crippen LogP contribution in [0.3, 0.4) is 0 Å². The molecule has 1 aromatic heterocycles. The predicted molar refractivity (Wildman–Crippen MR) is 111 cm³/mol. The monoisotopic (exact) mass is 403 g/mol. The normalized spacial score (nSPS) is 21.3. The van der Waals surface area contributed by atoms with Gasteiger partial charge in [-0.15, -0.1) is 0 Å². The Morgan fingerprint density at radius 2 is 1.77 bits per heavy atom. The van der Waals surface area contributed by atoms with Gasteiger partial charge in [-0.3, -0.25) is 15.0 Å². The maximum Gasteiger partial charge on any atom is 0.333 e. The number of aromatic nitrogens is 2. The summed E-state index contributed by atoms with van der Waals surface area (Å²) in [6.45, 7) is 0. The van der Waals surface area contributed by atoms with Crippen LogP contribution >= 0.6 is 0 Å². The number of amides is 3. The molecule has 1 heterocycles. The van der Waals surface area contributed by atoms with Crippen LogP contribution in [-0.2, 0) is 13.5 Å². The maximum absolute atomic E-state index is 12.6. The third-order valence-electron chi connectivity index (χ3n) is 6.09. The highest BCUT2D eigenvalue weighted by Crippen LogP contribution is 2.54. The van der Waals surface area contributed by atoms with Gasteiger partial charge >= 0.3 is 6.03 Å². The van der Waals surface area contributed by atoms with Crippen molar-refractivity contribution in [1.29, 1.82) is 0 Å². The van der Waals surface area contributed by atoms with Gasteiger partial charge in [-0.2, -0.15) is 5.10 Å². The van der Waals surface area contributed by atoms with Crippen LogP contribution in [0.25, 0.3) is 10.8 Å². The zero-order chi connectivity index (χ0) is 20.8. The van der Waals surface area contributed by atoms with Crippen molar-refractivity contribution >= 4 is 22.7 Å². The van der Waals surface area contributed by atoms with E-state index in [0.29, 0.717) is 22.6 Å². The molecule has 152 valence electrons. The van der Waals surface area contributed by atoms with E-state index in [4.69, 9.17) is 0 Å². The molecule has 5 rings (SSSR count). The zero-order valence-electron chi connectivity index (χ0n) is 16.4. The maximum atomic E-state index is 12.6. The van der Waals surface area contributed by atoms with Crippen LogP contribution in [0, 0.1) is 5.92 Å². The van der Waals surface area contributed by atoms with E-state index in [1.807, 2.05) is 12.1 Å². The van der Waals surface area contributed by atoms with E-state index in [9.17, 15) is 14.4 Å². The Hall–Kier alpha value is -3.68. The number of hydrogen-bond donors (Lipinski definition) is 3. The zero-order valence-corrected chi connectivity index (χ0v) is 16.4. The number of rotatable bonds is 2. The van der Waals surface area contributed by atoms with Crippen LogP contribution in [0.15, 0.2) is 53.3 Å². The third-order valence-corrected chi connectivity index (χ3v) is 6.09. The number of urea groups is 1. The number of carbonyl (C=O) groups excluding carboxylic acids is 2. The number of nitrogens with one attached hydrogen (secondary N) is 3. The third kappa shape index (κ3) is 3.01. The molecule has 30 heavy (non-hydrogen) atoms. The van der Waals surface area contributed by atoms with Gasteiger partial charge in [-0.1, -0.05) is 42.5 Å². The van der Waals surface area contributed by atoms with Gasteiger partial charge < -0.3 is 5.32 Å². The van der Waals surface area contributed by atoms with Gasteiger partial charge in [-0.25, -0.2) is 14.9 Å². The second-order valence-electron chi connectivity index (χ2n) is 7.83. The molecule has 3 aromatic rings. The van der Waals surface area contributed by atoms with Crippen molar-refractivity contribution < 1.29 is 9.59 Å². The summed E-state index contributed by atoms with van der Waals surface area (Å²) in [5.74, 6) is 0.191. The van der Waals surface area contributed by atoms with Crippen LogP contribution in [0.2, 0.25) is 0 Å². The number of hydrogen-bond acceptors (Lipinski definition) is 4. The molecule has 1 saturated carbocycles. The summed E-state index contributed by atoms with van der Waals surface area (Å²) >= 11 is 0. The van der Waals surface area contributed by atoms with Crippen LogP contribution in [0.5, 0.6) is 0 Å². The molecule has 8 heteroatoms. The highest BCUT2D eigenvalue weighted by molar-refractivity contribution is 6.05. The van der Waals surface area contributed by atoms with Gasteiger partial charge in [0.15, 0.2) is 5.69 Å². The molecule has 3 N–H and O–H groups in total. The summed E-state index contributed by atoms with van der Waals surface area (Å²) in [5, 5.41) is 7.85. The van der Waals surface area contributed by atoms with Crippen molar-refractivity contribution in [3.05, 3.63) is 75.7 Å². The number of hydrazine groups is 1. The topological polar surface area (TPSA) is 105 Å². The van der Waals surface area contributed by atoms with Gasteiger partial charge in [0, 0.05) is 24.4 Å². The summed E-state index contributed by atoms with van der Waals surface area (Å²) in [7, 11) is 1.48. The molecule has 2 aliphatic carbocycles. The van der Waals surface area contributed by atoms with E-state index in [2.05, 4.69) is 33.4 Å². The van der Waals surface area contributed by atoms with Crippen LogP contribution in [-0.4, -0.2) is 27.8 Å². The van der Waals surface area contributed by atoms with E-state index < -0.39 is 11.9 Å². The van der Waals surface area contributed by atoms with Crippen molar-refractivity contribution in [3.63, 3.8) is 0 Å². The Morgan fingerprint density at radius 1 is 1.03 bits per heavy atom. The van der Waals surface area contributed by atoms with Crippen molar-refractivity contribution in [2.75, 3.05) is 0 Å². The lowest BCUT2D eigenvalue weighted by Crippen LogP contribution is -2.48. The minimum absolute atomic E-state index is 0.0713. The fourth-order valence-corrected chi connectivity index (χ4v) is 4.59. The summed E-state index contributed by atoms with van der Waals surface area (Å²) in [4.78, 5) is 37.2. The van der Waals surface area contributed by atoms with E-state index in [1.54, 1.807) is 24.3 Å². The molecule has 3 atom stereocenters. The predicted octanol–water partition coefficient (Wildman–Crippen LogP) is 1.61. The summed E-state index contributed by atoms with van der Waals surface area (Å²) in [5.41, 5.74) is 7.24. The minimum Gasteiger partial charge on any atom is -0.333 e. The van der Waals surface area contributed by atoms with E-state index in [1.165, 1.54) is 18.2 Å². The molecule has 2 aromatic carbocycles. The lowest BCUT2D eigenvalue weighted by Gasteiger charge is -2.13. The molecule has 1 fully saturated rings. The fraction of sp³-hybridized carbons (Fsp3) is 0.273.